The van der Waals surface area contributed by atoms with E-state index in [9.17, 15) is 19.7 Å². The van der Waals surface area contributed by atoms with Crippen molar-refractivity contribution in [3.05, 3.63) is 74.3 Å². The molecule has 0 radical (unpaired) electrons. The van der Waals surface area contributed by atoms with E-state index in [-0.39, 0.29) is 17.3 Å². The third kappa shape index (κ3) is 5.13. The zero-order chi connectivity index (χ0) is 20.1. The molecule has 0 fully saturated rings. The Hall–Kier alpha value is -3.22. The van der Waals surface area contributed by atoms with Crippen LogP contribution in [-0.4, -0.2) is 23.4 Å². The van der Waals surface area contributed by atoms with Crippen LogP contribution in [0, 0.1) is 30.9 Å². The molecule has 7 heteroatoms. The second-order valence-corrected chi connectivity index (χ2v) is 6.47. The zero-order valence-electron chi connectivity index (χ0n) is 15.7. The van der Waals surface area contributed by atoms with E-state index in [1.807, 2.05) is 39.0 Å². The van der Waals surface area contributed by atoms with Crippen molar-refractivity contribution in [1.29, 1.82) is 0 Å². The molecule has 0 spiro atoms. The lowest BCUT2D eigenvalue weighted by molar-refractivity contribution is -0.385. The van der Waals surface area contributed by atoms with Crippen molar-refractivity contribution in [1.82, 2.24) is 5.32 Å². The number of rotatable bonds is 6. The van der Waals surface area contributed by atoms with Gasteiger partial charge in [0.15, 0.2) is 6.61 Å². The Bertz CT molecular complexity index is 892. The number of benzene rings is 2. The van der Waals surface area contributed by atoms with Crippen molar-refractivity contribution in [2.45, 2.75) is 33.7 Å². The summed E-state index contributed by atoms with van der Waals surface area (Å²) in [7, 11) is 0. The molecule has 0 unspecified atom stereocenters. The Morgan fingerprint density at radius 3 is 2.37 bits per heavy atom. The Labute approximate surface area is 157 Å². The van der Waals surface area contributed by atoms with E-state index < -0.39 is 23.4 Å². The van der Waals surface area contributed by atoms with Gasteiger partial charge in [-0.3, -0.25) is 14.9 Å². The first-order valence-electron chi connectivity index (χ1n) is 8.47. The second-order valence-electron chi connectivity index (χ2n) is 6.47. The topological polar surface area (TPSA) is 98.5 Å². The Morgan fingerprint density at radius 2 is 1.74 bits per heavy atom. The molecule has 0 heterocycles. The molecule has 7 nitrogen and oxygen atoms in total. The minimum absolute atomic E-state index is 0.0299. The standard InChI is InChI=1S/C20H22N2O5/c1-12-5-7-16(9-14(12)3)15(4)21-19(23)11-27-20(24)17-8-6-13(2)18(10-17)22(25)26/h5-10,15H,11H2,1-4H3,(H,21,23)/t15-/m0/s1. The fraction of sp³-hybridized carbons (Fsp3) is 0.300. The van der Waals surface area contributed by atoms with Crippen LogP contribution in [0.3, 0.4) is 0 Å². The van der Waals surface area contributed by atoms with E-state index in [4.69, 9.17) is 4.74 Å². The van der Waals surface area contributed by atoms with Crippen LogP contribution in [0.1, 0.15) is 45.6 Å². The van der Waals surface area contributed by atoms with E-state index in [2.05, 4.69) is 5.32 Å². The highest BCUT2D eigenvalue weighted by Gasteiger charge is 2.17. The molecule has 142 valence electrons. The molecule has 2 aromatic carbocycles. The molecule has 0 aromatic heterocycles. The number of carbonyl (C=O) groups excluding carboxylic acids is 2. The van der Waals surface area contributed by atoms with Crippen molar-refractivity contribution in [3.8, 4) is 0 Å². The molecule has 1 atom stereocenters. The maximum absolute atomic E-state index is 12.0. The smallest absolute Gasteiger partial charge is 0.338 e. The first-order chi connectivity index (χ1) is 12.7. The summed E-state index contributed by atoms with van der Waals surface area (Å²) in [5.41, 5.74) is 3.54. The average Bonchev–Trinajstić information content (AvgIpc) is 2.62. The molecule has 2 aromatic rings. The van der Waals surface area contributed by atoms with Crippen LogP contribution in [0.4, 0.5) is 5.69 Å². The van der Waals surface area contributed by atoms with Crippen LogP contribution in [0.2, 0.25) is 0 Å². The fourth-order valence-corrected chi connectivity index (χ4v) is 2.55. The molecule has 1 amide bonds. The number of aryl methyl sites for hydroxylation is 3. The summed E-state index contributed by atoms with van der Waals surface area (Å²) in [5, 5.41) is 13.7. The van der Waals surface area contributed by atoms with Gasteiger partial charge in [0.05, 0.1) is 16.5 Å². The number of nitro groups is 1. The summed E-state index contributed by atoms with van der Waals surface area (Å²) in [6.45, 7) is 6.96. The van der Waals surface area contributed by atoms with Crippen LogP contribution >= 0.6 is 0 Å². The lowest BCUT2D eigenvalue weighted by Crippen LogP contribution is -2.31. The summed E-state index contributed by atoms with van der Waals surface area (Å²) in [4.78, 5) is 34.5. The normalized spacial score (nSPS) is 11.6. The molecule has 0 saturated heterocycles. The van der Waals surface area contributed by atoms with Gasteiger partial charge in [-0.1, -0.05) is 24.3 Å². The summed E-state index contributed by atoms with van der Waals surface area (Å²) in [6, 6.07) is 9.72. The predicted molar refractivity (Wildman–Crippen MR) is 101 cm³/mol. The van der Waals surface area contributed by atoms with Crippen molar-refractivity contribution >= 4 is 17.6 Å². The lowest BCUT2D eigenvalue weighted by Gasteiger charge is -2.15. The second kappa shape index (κ2) is 8.44. The fourth-order valence-electron chi connectivity index (χ4n) is 2.55. The van der Waals surface area contributed by atoms with E-state index >= 15 is 0 Å². The van der Waals surface area contributed by atoms with Gasteiger partial charge in [0.1, 0.15) is 0 Å². The van der Waals surface area contributed by atoms with Gasteiger partial charge in [-0.2, -0.15) is 0 Å². The summed E-state index contributed by atoms with van der Waals surface area (Å²) in [5.74, 6) is -1.23. The monoisotopic (exact) mass is 370 g/mol. The molecule has 0 aliphatic carbocycles. The molecule has 0 bridgehead atoms. The highest BCUT2D eigenvalue weighted by Crippen LogP contribution is 2.20. The summed E-state index contributed by atoms with van der Waals surface area (Å²) >= 11 is 0. The van der Waals surface area contributed by atoms with Crippen LogP contribution < -0.4 is 5.32 Å². The Kier molecular flexibility index (Phi) is 6.28. The van der Waals surface area contributed by atoms with Crippen LogP contribution in [0.5, 0.6) is 0 Å². The third-order valence-corrected chi connectivity index (χ3v) is 4.38. The van der Waals surface area contributed by atoms with E-state index in [0.717, 1.165) is 17.2 Å². The minimum Gasteiger partial charge on any atom is -0.452 e. The van der Waals surface area contributed by atoms with Crippen molar-refractivity contribution in [2.75, 3.05) is 6.61 Å². The number of nitrogens with zero attached hydrogens (tertiary/aromatic N) is 1. The van der Waals surface area contributed by atoms with Crippen LogP contribution in [-0.2, 0) is 9.53 Å². The summed E-state index contributed by atoms with van der Waals surface area (Å²) < 4.78 is 4.97. The number of hydrogen-bond donors (Lipinski definition) is 1. The first-order valence-corrected chi connectivity index (χ1v) is 8.47. The molecule has 1 N–H and O–H groups in total. The van der Waals surface area contributed by atoms with Gasteiger partial charge >= 0.3 is 5.97 Å². The highest BCUT2D eigenvalue weighted by molar-refractivity contribution is 5.92. The number of carbonyl (C=O) groups is 2. The largest absolute Gasteiger partial charge is 0.452 e. The maximum atomic E-state index is 12.0. The molecule has 2 rings (SSSR count). The van der Waals surface area contributed by atoms with Crippen molar-refractivity contribution in [2.24, 2.45) is 0 Å². The molecular formula is C20H22N2O5. The summed E-state index contributed by atoms with van der Waals surface area (Å²) in [6.07, 6.45) is 0. The van der Waals surface area contributed by atoms with Crippen molar-refractivity contribution < 1.29 is 19.2 Å². The number of ether oxygens (including phenoxy) is 1. The minimum atomic E-state index is -0.785. The van der Waals surface area contributed by atoms with Crippen LogP contribution in [0.15, 0.2) is 36.4 Å². The average molecular weight is 370 g/mol. The van der Waals surface area contributed by atoms with Gasteiger partial charge in [0.25, 0.3) is 11.6 Å². The van der Waals surface area contributed by atoms with Crippen LogP contribution in [0.25, 0.3) is 0 Å². The Morgan fingerprint density at radius 1 is 1.07 bits per heavy atom. The quantitative estimate of drug-likeness (QED) is 0.476. The third-order valence-electron chi connectivity index (χ3n) is 4.38. The van der Waals surface area contributed by atoms with Gasteiger partial charge in [0.2, 0.25) is 0 Å². The van der Waals surface area contributed by atoms with Gasteiger partial charge in [0, 0.05) is 11.6 Å². The maximum Gasteiger partial charge on any atom is 0.338 e. The molecule has 27 heavy (non-hydrogen) atoms. The molecule has 0 aliphatic heterocycles. The number of esters is 1. The molecule has 0 aliphatic rings. The SMILES string of the molecule is Cc1ccc([C@H](C)NC(=O)COC(=O)c2ccc(C)c([N+](=O)[O-])c2)cc1C. The number of nitro benzene ring substituents is 1. The predicted octanol–water partition coefficient (Wildman–Crippen LogP) is 3.55. The number of nitrogens with one attached hydrogen (secondary N) is 1. The lowest BCUT2D eigenvalue weighted by atomic mass is 10.0. The van der Waals surface area contributed by atoms with Gasteiger partial charge in [-0.15, -0.1) is 0 Å². The zero-order valence-corrected chi connectivity index (χ0v) is 15.7. The highest BCUT2D eigenvalue weighted by atomic mass is 16.6. The Balaban J connectivity index is 1.94. The van der Waals surface area contributed by atoms with Gasteiger partial charge in [-0.05, 0) is 50.5 Å². The van der Waals surface area contributed by atoms with E-state index in [1.165, 1.54) is 17.7 Å². The van der Waals surface area contributed by atoms with E-state index in [1.54, 1.807) is 6.92 Å². The van der Waals surface area contributed by atoms with E-state index in [0.29, 0.717) is 5.56 Å². The molecular weight excluding hydrogens is 348 g/mol. The van der Waals surface area contributed by atoms with Crippen molar-refractivity contribution in [3.63, 3.8) is 0 Å². The van der Waals surface area contributed by atoms with Gasteiger partial charge in [-0.25, -0.2) is 4.79 Å². The molecule has 0 saturated carbocycles. The van der Waals surface area contributed by atoms with Gasteiger partial charge < -0.3 is 10.1 Å². The first kappa shape index (κ1) is 20.1. The number of hydrogen-bond acceptors (Lipinski definition) is 5. The number of amides is 1.